The topological polar surface area (TPSA) is 64.9 Å². The van der Waals surface area contributed by atoms with Crippen LogP contribution >= 0.6 is 0 Å². The van der Waals surface area contributed by atoms with E-state index in [1.54, 1.807) is 6.08 Å². The van der Waals surface area contributed by atoms with E-state index in [0.29, 0.717) is 5.57 Å². The largest absolute Gasteiger partial charge is 1.00 e. The summed E-state index contributed by atoms with van der Waals surface area (Å²) in [5.74, 6) is -0.823. The normalized spacial score (nSPS) is 12.2. The van der Waals surface area contributed by atoms with Crippen LogP contribution in [-0.4, -0.2) is 17.6 Å². The van der Waals surface area contributed by atoms with Crippen molar-refractivity contribution in [2.24, 2.45) is 5.41 Å². The smallest absolute Gasteiger partial charge is 0.331 e. The number of rotatable bonds is 3. The SMILES string of the molecule is CC(C)(C)C(=CCC[NH3+])C(=O)O.[Cl-]. The Morgan fingerprint density at radius 3 is 2.15 bits per heavy atom. The fourth-order valence-corrected chi connectivity index (χ4v) is 0.961. The van der Waals surface area contributed by atoms with Crippen molar-refractivity contribution in [3.05, 3.63) is 11.6 Å². The van der Waals surface area contributed by atoms with Crippen molar-refractivity contribution in [1.29, 1.82) is 0 Å². The van der Waals surface area contributed by atoms with Gasteiger partial charge in [-0.2, -0.15) is 0 Å². The second kappa shape index (κ2) is 6.00. The fourth-order valence-electron chi connectivity index (χ4n) is 0.961. The van der Waals surface area contributed by atoms with Crippen molar-refractivity contribution in [2.75, 3.05) is 6.54 Å². The van der Waals surface area contributed by atoms with E-state index in [9.17, 15) is 4.79 Å². The van der Waals surface area contributed by atoms with E-state index < -0.39 is 5.97 Å². The molecule has 0 heterocycles. The first-order valence-electron chi connectivity index (χ1n) is 4.12. The number of aliphatic carboxylic acids is 1. The Morgan fingerprint density at radius 2 is 1.92 bits per heavy atom. The molecule has 0 aromatic rings. The third kappa shape index (κ3) is 5.66. The van der Waals surface area contributed by atoms with Crippen molar-refractivity contribution >= 4 is 5.97 Å². The number of quaternary nitrogens is 1. The molecule has 0 aromatic carbocycles. The highest BCUT2D eigenvalue weighted by Crippen LogP contribution is 2.25. The van der Waals surface area contributed by atoms with E-state index in [1.165, 1.54) is 0 Å². The minimum atomic E-state index is -0.823. The van der Waals surface area contributed by atoms with Gasteiger partial charge in [0.2, 0.25) is 0 Å². The van der Waals surface area contributed by atoms with E-state index in [0.717, 1.165) is 13.0 Å². The molecule has 0 bridgehead atoms. The summed E-state index contributed by atoms with van der Waals surface area (Å²) in [4.78, 5) is 10.8. The molecule has 0 spiro atoms. The Labute approximate surface area is 85.4 Å². The Balaban J connectivity index is 0. The van der Waals surface area contributed by atoms with Gasteiger partial charge in [0, 0.05) is 12.0 Å². The molecule has 0 amide bonds. The number of carboxylic acids is 1. The van der Waals surface area contributed by atoms with Crippen molar-refractivity contribution < 1.29 is 28.0 Å². The van der Waals surface area contributed by atoms with Crippen LogP contribution < -0.4 is 18.1 Å². The summed E-state index contributed by atoms with van der Waals surface area (Å²) >= 11 is 0. The van der Waals surface area contributed by atoms with Crippen LogP contribution in [0.25, 0.3) is 0 Å². The Hall–Kier alpha value is -0.540. The Kier molecular flexibility index (Phi) is 6.90. The molecule has 0 aliphatic rings. The van der Waals surface area contributed by atoms with Crippen LogP contribution in [0.3, 0.4) is 0 Å². The molecule has 0 fully saturated rings. The molecule has 0 saturated carbocycles. The lowest BCUT2D eigenvalue weighted by Crippen LogP contribution is -3.00. The van der Waals surface area contributed by atoms with Crippen LogP contribution in [-0.2, 0) is 4.79 Å². The Morgan fingerprint density at radius 1 is 1.46 bits per heavy atom. The zero-order valence-corrected chi connectivity index (χ0v) is 9.19. The zero-order valence-electron chi connectivity index (χ0n) is 8.43. The number of halogens is 1. The van der Waals surface area contributed by atoms with Crippen molar-refractivity contribution in [3.63, 3.8) is 0 Å². The first kappa shape index (κ1) is 15.0. The average molecular weight is 208 g/mol. The highest BCUT2D eigenvalue weighted by atomic mass is 35.5. The van der Waals surface area contributed by atoms with Crippen molar-refractivity contribution in [1.82, 2.24) is 0 Å². The summed E-state index contributed by atoms with van der Waals surface area (Å²) in [6, 6.07) is 0. The summed E-state index contributed by atoms with van der Waals surface area (Å²) in [5, 5.41) is 8.85. The number of hydrogen-bond donors (Lipinski definition) is 2. The second-order valence-electron chi connectivity index (χ2n) is 3.82. The molecule has 13 heavy (non-hydrogen) atoms. The molecule has 0 aliphatic heterocycles. The number of hydrogen-bond acceptors (Lipinski definition) is 1. The van der Waals surface area contributed by atoms with E-state index >= 15 is 0 Å². The molecule has 0 atom stereocenters. The molecule has 0 aliphatic carbocycles. The van der Waals surface area contributed by atoms with Gasteiger partial charge in [0.1, 0.15) is 0 Å². The zero-order chi connectivity index (χ0) is 9.78. The lowest BCUT2D eigenvalue weighted by molar-refractivity contribution is -0.366. The molecule has 0 saturated heterocycles. The molecule has 0 radical (unpaired) electrons. The molecule has 0 unspecified atom stereocenters. The quantitative estimate of drug-likeness (QED) is 0.511. The Bertz CT molecular complexity index is 194. The maximum absolute atomic E-state index is 10.8. The van der Waals surface area contributed by atoms with Crippen LogP contribution in [0, 0.1) is 5.41 Å². The average Bonchev–Trinajstić information content (AvgIpc) is 1.84. The maximum Gasteiger partial charge on any atom is 0.331 e. The third-order valence-corrected chi connectivity index (χ3v) is 1.59. The van der Waals surface area contributed by atoms with Gasteiger partial charge in [0.05, 0.1) is 6.54 Å². The summed E-state index contributed by atoms with van der Waals surface area (Å²) in [7, 11) is 0. The lowest BCUT2D eigenvalue weighted by Gasteiger charge is -2.18. The number of carboxylic acid groups (broad SMARTS) is 1. The third-order valence-electron chi connectivity index (χ3n) is 1.59. The molecule has 0 aromatic heterocycles. The predicted molar refractivity (Wildman–Crippen MR) is 47.5 cm³/mol. The van der Waals surface area contributed by atoms with Gasteiger partial charge in [-0.1, -0.05) is 26.8 Å². The van der Waals surface area contributed by atoms with Gasteiger partial charge >= 0.3 is 5.97 Å². The monoisotopic (exact) mass is 207 g/mol. The standard InChI is InChI=1S/C9H17NO2.ClH/c1-9(2,3)7(8(11)12)5-4-6-10;/h5H,4,6,10H2,1-3H3,(H,11,12);1H. The highest BCUT2D eigenvalue weighted by Gasteiger charge is 2.22. The minimum Gasteiger partial charge on any atom is -1.00 e. The van der Waals surface area contributed by atoms with Crippen LogP contribution in [0.15, 0.2) is 11.6 Å². The molecule has 0 rings (SSSR count). The fraction of sp³-hybridized carbons (Fsp3) is 0.667. The summed E-state index contributed by atoms with van der Waals surface area (Å²) < 4.78 is 0. The lowest BCUT2D eigenvalue weighted by atomic mass is 9.86. The summed E-state index contributed by atoms with van der Waals surface area (Å²) in [6.45, 7) is 6.44. The molecule has 3 nitrogen and oxygen atoms in total. The predicted octanol–water partition coefficient (Wildman–Crippen LogP) is -2.32. The van der Waals surface area contributed by atoms with Crippen LogP contribution in [0.1, 0.15) is 27.2 Å². The molecule has 4 N–H and O–H groups in total. The van der Waals surface area contributed by atoms with Gasteiger partial charge in [0.25, 0.3) is 0 Å². The molecular weight excluding hydrogens is 190 g/mol. The van der Waals surface area contributed by atoms with Gasteiger partial charge in [0.15, 0.2) is 0 Å². The molecule has 4 heteroatoms. The molecular formula is C9H18ClNO2. The van der Waals surface area contributed by atoms with Gasteiger partial charge in [-0.3, -0.25) is 0 Å². The van der Waals surface area contributed by atoms with E-state index in [1.807, 2.05) is 20.8 Å². The minimum absolute atomic E-state index is 0. The first-order chi connectivity index (χ1) is 5.39. The van der Waals surface area contributed by atoms with Gasteiger partial charge in [-0.25, -0.2) is 4.79 Å². The van der Waals surface area contributed by atoms with E-state index in [2.05, 4.69) is 5.73 Å². The molecule has 78 valence electrons. The number of carbonyl (C=O) groups is 1. The van der Waals surface area contributed by atoms with E-state index in [4.69, 9.17) is 5.11 Å². The second-order valence-corrected chi connectivity index (χ2v) is 3.82. The van der Waals surface area contributed by atoms with Gasteiger partial charge in [-0.05, 0) is 5.41 Å². The highest BCUT2D eigenvalue weighted by molar-refractivity contribution is 5.87. The first-order valence-corrected chi connectivity index (χ1v) is 4.12. The van der Waals surface area contributed by atoms with Crippen molar-refractivity contribution in [2.45, 2.75) is 27.2 Å². The maximum atomic E-state index is 10.8. The van der Waals surface area contributed by atoms with Crippen LogP contribution in [0.2, 0.25) is 0 Å². The summed E-state index contributed by atoms with van der Waals surface area (Å²) in [6.07, 6.45) is 2.49. The van der Waals surface area contributed by atoms with Crippen LogP contribution in [0.4, 0.5) is 0 Å². The van der Waals surface area contributed by atoms with Gasteiger partial charge in [-0.15, -0.1) is 0 Å². The van der Waals surface area contributed by atoms with E-state index in [-0.39, 0.29) is 17.8 Å². The summed E-state index contributed by atoms with van der Waals surface area (Å²) in [5.41, 5.74) is 3.86. The van der Waals surface area contributed by atoms with Gasteiger partial charge < -0.3 is 23.2 Å². The van der Waals surface area contributed by atoms with Crippen molar-refractivity contribution in [3.8, 4) is 0 Å². The van der Waals surface area contributed by atoms with Crippen LogP contribution in [0.5, 0.6) is 0 Å².